The van der Waals surface area contributed by atoms with Crippen LogP contribution in [0.4, 0.5) is 0 Å². The Kier molecular flexibility index (Phi) is 8.60. The van der Waals surface area contributed by atoms with E-state index in [9.17, 15) is 9.59 Å². The summed E-state index contributed by atoms with van der Waals surface area (Å²) in [7, 11) is 3.06. The summed E-state index contributed by atoms with van der Waals surface area (Å²) in [6, 6.07) is 11.8. The molecule has 0 amide bonds. The monoisotopic (exact) mass is 720 g/mol. The van der Waals surface area contributed by atoms with E-state index in [1.54, 1.807) is 44.2 Å². The third-order valence-corrected chi connectivity index (χ3v) is 9.32. The first-order valence-corrected chi connectivity index (χ1v) is 15.1. The van der Waals surface area contributed by atoms with Crippen LogP contribution in [-0.2, 0) is 9.53 Å². The minimum Gasteiger partial charge on any atom is -0.493 e. The highest BCUT2D eigenvalue weighted by atomic mass is 79.9. The fourth-order valence-electron chi connectivity index (χ4n) is 4.53. The number of allylic oxidation sites excluding steroid dienone is 1. The van der Waals surface area contributed by atoms with Gasteiger partial charge in [-0.1, -0.05) is 44.9 Å². The summed E-state index contributed by atoms with van der Waals surface area (Å²) in [5.74, 6) is 1.47. The van der Waals surface area contributed by atoms with Crippen LogP contribution in [0.5, 0.6) is 11.5 Å². The number of ether oxygens (including phenoxy) is 3. The normalized spacial score (nSPS) is 15.0. The zero-order valence-electron chi connectivity index (χ0n) is 22.3. The molecule has 1 aliphatic rings. The molecule has 3 heterocycles. The van der Waals surface area contributed by atoms with Crippen LogP contribution >= 0.6 is 54.8 Å². The molecule has 0 saturated heterocycles. The van der Waals surface area contributed by atoms with Crippen LogP contribution < -0.4 is 24.4 Å². The van der Waals surface area contributed by atoms with Crippen LogP contribution in [0.3, 0.4) is 0 Å². The van der Waals surface area contributed by atoms with Crippen molar-refractivity contribution in [1.29, 1.82) is 0 Å². The number of esters is 1. The first-order valence-electron chi connectivity index (χ1n) is 12.3. The summed E-state index contributed by atoms with van der Waals surface area (Å²) in [5.41, 5.74) is 1.79. The molecule has 8 nitrogen and oxygen atoms in total. The smallest absolute Gasteiger partial charge is 0.338 e. The zero-order valence-corrected chi connectivity index (χ0v) is 27.0. The zero-order chi connectivity index (χ0) is 29.4. The predicted octanol–water partition coefficient (Wildman–Crippen LogP) is 6.25. The number of furan rings is 1. The molecule has 4 aromatic rings. The van der Waals surface area contributed by atoms with Crippen molar-refractivity contribution in [3.05, 3.63) is 98.7 Å². The number of halogens is 3. The molecule has 0 bridgehead atoms. The van der Waals surface area contributed by atoms with Gasteiger partial charge in [-0.25, -0.2) is 9.79 Å². The number of benzene rings is 2. The fraction of sp³-hybridized carbons (Fsp3) is 0.207. The second kappa shape index (κ2) is 12.0. The van der Waals surface area contributed by atoms with E-state index in [2.05, 4.69) is 36.9 Å². The molecule has 2 aromatic carbocycles. The van der Waals surface area contributed by atoms with E-state index in [4.69, 9.17) is 30.2 Å². The van der Waals surface area contributed by atoms with Crippen molar-refractivity contribution in [2.24, 2.45) is 4.99 Å². The highest BCUT2D eigenvalue weighted by molar-refractivity contribution is 9.10. The van der Waals surface area contributed by atoms with E-state index in [0.717, 1.165) is 10.0 Å². The summed E-state index contributed by atoms with van der Waals surface area (Å²) in [5, 5.41) is 0.558. The number of carbonyl (C=O) groups excluding carboxylic acids is 1. The second-order valence-electron chi connectivity index (χ2n) is 8.86. The highest BCUT2D eigenvalue weighted by Crippen LogP contribution is 2.41. The molecule has 1 atom stereocenters. The van der Waals surface area contributed by atoms with Gasteiger partial charge >= 0.3 is 5.97 Å². The third kappa shape index (κ3) is 5.55. The van der Waals surface area contributed by atoms with Gasteiger partial charge in [-0.15, -0.1) is 0 Å². The number of nitrogens with zero attached hydrogens (tertiary/aromatic N) is 2. The highest BCUT2D eigenvalue weighted by Gasteiger charge is 2.35. The van der Waals surface area contributed by atoms with Crippen molar-refractivity contribution >= 4 is 66.8 Å². The molecule has 1 aliphatic heterocycles. The van der Waals surface area contributed by atoms with Crippen LogP contribution in [0, 0.1) is 0 Å². The molecule has 5 rings (SSSR count). The van der Waals surface area contributed by atoms with Crippen molar-refractivity contribution in [2.75, 3.05) is 20.8 Å². The van der Waals surface area contributed by atoms with Crippen LogP contribution in [0.1, 0.15) is 31.2 Å². The molecule has 0 saturated carbocycles. The summed E-state index contributed by atoms with van der Waals surface area (Å²) >= 11 is 14.5. The lowest BCUT2D eigenvalue weighted by Gasteiger charge is -2.26. The molecule has 0 radical (unpaired) electrons. The van der Waals surface area contributed by atoms with Crippen molar-refractivity contribution in [3.63, 3.8) is 0 Å². The number of methoxy groups -OCH3 is 2. The van der Waals surface area contributed by atoms with E-state index < -0.39 is 12.0 Å². The molecule has 41 heavy (non-hydrogen) atoms. The molecule has 0 aliphatic carbocycles. The van der Waals surface area contributed by atoms with Crippen LogP contribution in [-0.4, -0.2) is 31.4 Å². The SMILES string of the molecule is CCOC(=O)C1=C(C)N=c2s/c(=C\c3ccc(-c4ccc(Br)c(Cl)c4)o3)c(=O)n2[C@@H]1c1cc(OC)c(OC)cc1Br. The minimum atomic E-state index is -0.835. The maximum Gasteiger partial charge on any atom is 0.338 e. The number of thiazole rings is 1. The van der Waals surface area contributed by atoms with Gasteiger partial charge in [0.1, 0.15) is 11.5 Å². The number of hydrogen-bond acceptors (Lipinski definition) is 8. The largest absolute Gasteiger partial charge is 0.493 e. The summed E-state index contributed by atoms with van der Waals surface area (Å²) < 4.78 is 25.7. The van der Waals surface area contributed by atoms with Gasteiger partial charge < -0.3 is 18.6 Å². The van der Waals surface area contributed by atoms with E-state index >= 15 is 0 Å². The van der Waals surface area contributed by atoms with Gasteiger partial charge in [0.05, 0.1) is 47.7 Å². The Morgan fingerprint density at radius 2 is 1.85 bits per heavy atom. The van der Waals surface area contributed by atoms with Gasteiger partial charge in [0.15, 0.2) is 16.3 Å². The molecule has 0 unspecified atom stereocenters. The predicted molar refractivity (Wildman–Crippen MR) is 164 cm³/mol. The van der Waals surface area contributed by atoms with Gasteiger partial charge in [0, 0.05) is 20.6 Å². The Balaban J connectivity index is 1.68. The van der Waals surface area contributed by atoms with Crippen LogP contribution in [0.15, 0.2) is 76.9 Å². The summed E-state index contributed by atoms with van der Waals surface area (Å²) in [4.78, 5) is 32.2. The average molecular weight is 723 g/mol. The summed E-state index contributed by atoms with van der Waals surface area (Å²) in [6.07, 6.45) is 1.66. The fourth-order valence-corrected chi connectivity index (χ4v) is 6.52. The van der Waals surface area contributed by atoms with E-state index in [1.807, 2.05) is 18.2 Å². The summed E-state index contributed by atoms with van der Waals surface area (Å²) in [6.45, 7) is 3.63. The van der Waals surface area contributed by atoms with Crippen LogP contribution in [0.25, 0.3) is 17.4 Å². The topological polar surface area (TPSA) is 92.3 Å². The lowest BCUT2D eigenvalue weighted by molar-refractivity contribution is -0.139. The number of fused-ring (bicyclic) bond motifs is 1. The molecule has 0 spiro atoms. The lowest BCUT2D eigenvalue weighted by Crippen LogP contribution is -2.40. The number of rotatable bonds is 7. The van der Waals surface area contributed by atoms with Gasteiger partial charge in [-0.3, -0.25) is 9.36 Å². The van der Waals surface area contributed by atoms with Gasteiger partial charge in [0.25, 0.3) is 5.56 Å². The van der Waals surface area contributed by atoms with Gasteiger partial charge in [0.2, 0.25) is 0 Å². The van der Waals surface area contributed by atoms with Crippen molar-refractivity contribution in [2.45, 2.75) is 19.9 Å². The molecule has 12 heteroatoms. The van der Waals surface area contributed by atoms with Crippen LogP contribution in [0.2, 0.25) is 5.02 Å². The Morgan fingerprint density at radius 3 is 2.54 bits per heavy atom. The van der Waals surface area contributed by atoms with Gasteiger partial charge in [-0.2, -0.15) is 0 Å². The molecule has 0 fully saturated rings. The van der Waals surface area contributed by atoms with Gasteiger partial charge in [-0.05, 0) is 71.7 Å². The standard InChI is InChI=1S/C29H23Br2ClN2O6S/c1-5-39-28(36)25-14(2)33-29-34(26(25)17-12-22(37-3)23(38-4)13-19(17)31)27(35)24(41-29)11-16-7-9-21(40-16)15-6-8-18(30)20(32)10-15/h6-13,26H,5H2,1-4H3/b24-11-/t26-/m1/s1. The average Bonchev–Trinajstić information content (AvgIpc) is 3.53. The first-order chi connectivity index (χ1) is 19.7. The maximum absolute atomic E-state index is 14.0. The Labute approximate surface area is 260 Å². The number of hydrogen-bond donors (Lipinski definition) is 0. The quantitative estimate of drug-likeness (QED) is 0.210. The van der Waals surface area contributed by atoms with Crippen molar-refractivity contribution in [3.8, 4) is 22.8 Å². The van der Waals surface area contributed by atoms with E-state index in [0.29, 0.717) is 53.1 Å². The Bertz CT molecular complexity index is 1890. The minimum absolute atomic E-state index is 0.171. The second-order valence-corrected chi connectivity index (χ2v) is 12.0. The van der Waals surface area contributed by atoms with E-state index in [1.165, 1.54) is 30.1 Å². The Hall–Kier alpha value is -3.12. The number of aromatic nitrogens is 1. The lowest BCUT2D eigenvalue weighted by atomic mass is 9.95. The molecule has 212 valence electrons. The Morgan fingerprint density at radius 1 is 1.12 bits per heavy atom. The molecule has 2 aromatic heterocycles. The third-order valence-electron chi connectivity index (χ3n) is 6.42. The maximum atomic E-state index is 14.0. The van der Waals surface area contributed by atoms with Crippen molar-refractivity contribution in [1.82, 2.24) is 4.57 Å². The first kappa shape index (κ1) is 29.4. The van der Waals surface area contributed by atoms with Crippen molar-refractivity contribution < 1.29 is 23.4 Å². The van der Waals surface area contributed by atoms with E-state index in [-0.39, 0.29) is 17.7 Å². The molecule has 0 N–H and O–H groups in total. The number of carbonyl (C=O) groups is 1. The molecular formula is C29H23Br2ClN2O6S. The molecular weight excluding hydrogens is 700 g/mol.